The highest BCUT2D eigenvalue weighted by atomic mass is 32.2. The van der Waals surface area contributed by atoms with Crippen LogP contribution in [-0.2, 0) is 19.1 Å². The molecule has 1 fully saturated rings. The first-order chi connectivity index (χ1) is 17.5. The average Bonchev–Trinajstić information content (AvgIpc) is 2.90. The Morgan fingerprint density at radius 3 is 1.97 bits per heavy atom. The molecule has 0 bridgehead atoms. The lowest BCUT2D eigenvalue weighted by Crippen LogP contribution is -2.62. The van der Waals surface area contributed by atoms with E-state index in [4.69, 9.17) is 4.74 Å². The van der Waals surface area contributed by atoms with Crippen molar-refractivity contribution >= 4 is 29.5 Å². The second-order valence-corrected chi connectivity index (χ2v) is 9.77. The molecule has 0 spiro atoms. The highest BCUT2D eigenvalue weighted by Gasteiger charge is 2.57. The van der Waals surface area contributed by atoms with Crippen molar-refractivity contribution in [1.82, 2.24) is 10.2 Å². The molecule has 3 aromatic rings. The molecule has 182 valence electrons. The maximum atomic E-state index is 13.6. The molecule has 36 heavy (non-hydrogen) atoms. The Morgan fingerprint density at radius 2 is 1.44 bits per heavy atom. The summed E-state index contributed by atoms with van der Waals surface area (Å²) in [6, 6.07) is 27.8. The standard InChI is InChI=1S/C28H24N2O5S/c1-17(31)29-25-23(32)22(30-26(33)21(27(30)36-25)18-11-5-2-6-12-18)28(34)35-24(19-13-7-3-8-14-19)20-15-9-4-10-16-20/h2-16,21,24-25,27,32H,1H3,(H,29,31). The fourth-order valence-electron chi connectivity index (χ4n) is 4.50. The van der Waals surface area contributed by atoms with Gasteiger partial charge in [0.05, 0.1) is 5.92 Å². The van der Waals surface area contributed by atoms with E-state index in [9.17, 15) is 19.5 Å². The molecule has 8 heteroatoms. The Hall–Kier alpha value is -4.04. The normalized spacial score (nSPS) is 21.0. The van der Waals surface area contributed by atoms with Gasteiger partial charge in [-0.05, 0) is 16.7 Å². The molecule has 7 nitrogen and oxygen atoms in total. The number of esters is 1. The fourth-order valence-corrected chi connectivity index (χ4v) is 6.01. The number of ether oxygens (including phenoxy) is 1. The van der Waals surface area contributed by atoms with E-state index in [0.29, 0.717) is 0 Å². The molecule has 2 amide bonds. The minimum atomic E-state index is -0.891. The number of fused-ring (bicyclic) bond motifs is 1. The van der Waals surface area contributed by atoms with Crippen molar-refractivity contribution in [3.05, 3.63) is 119 Å². The number of nitrogens with zero attached hydrogens (tertiary/aromatic N) is 1. The lowest BCUT2D eigenvalue weighted by molar-refractivity contribution is -0.154. The molecule has 0 saturated carbocycles. The first kappa shape index (κ1) is 23.7. The third-order valence-corrected chi connectivity index (χ3v) is 7.54. The zero-order valence-corrected chi connectivity index (χ0v) is 20.2. The smallest absolute Gasteiger partial charge is 0.359 e. The molecule has 2 aliphatic heterocycles. The number of hydrogen-bond donors (Lipinski definition) is 2. The van der Waals surface area contributed by atoms with Gasteiger partial charge in [0.25, 0.3) is 0 Å². The van der Waals surface area contributed by atoms with E-state index in [2.05, 4.69) is 5.32 Å². The molecule has 0 aliphatic carbocycles. The fraction of sp³-hybridized carbons (Fsp3) is 0.179. The maximum Gasteiger partial charge on any atom is 0.359 e. The molecule has 2 heterocycles. The maximum absolute atomic E-state index is 13.6. The van der Waals surface area contributed by atoms with E-state index in [0.717, 1.165) is 16.7 Å². The van der Waals surface area contributed by atoms with Crippen LogP contribution in [0.15, 0.2) is 102 Å². The van der Waals surface area contributed by atoms with Crippen LogP contribution in [0, 0.1) is 0 Å². The number of amides is 2. The Kier molecular flexibility index (Phi) is 6.52. The van der Waals surface area contributed by atoms with Crippen LogP contribution < -0.4 is 5.32 Å². The van der Waals surface area contributed by atoms with Gasteiger partial charge in [-0.1, -0.05) is 91.0 Å². The number of β-lactam (4-membered cyclic amide) rings is 1. The van der Waals surface area contributed by atoms with Crippen LogP contribution in [-0.4, -0.2) is 38.5 Å². The predicted octanol–water partition coefficient (Wildman–Crippen LogP) is 4.25. The molecule has 0 aromatic heterocycles. The van der Waals surface area contributed by atoms with E-state index in [1.165, 1.54) is 23.6 Å². The van der Waals surface area contributed by atoms with E-state index in [1.54, 1.807) is 0 Å². The summed E-state index contributed by atoms with van der Waals surface area (Å²) in [4.78, 5) is 40.0. The van der Waals surface area contributed by atoms with Gasteiger partial charge >= 0.3 is 5.97 Å². The topological polar surface area (TPSA) is 95.9 Å². The van der Waals surface area contributed by atoms with Crippen LogP contribution in [0.5, 0.6) is 0 Å². The van der Waals surface area contributed by atoms with Crippen molar-refractivity contribution < 1.29 is 24.2 Å². The summed E-state index contributed by atoms with van der Waals surface area (Å²) in [7, 11) is 0. The highest BCUT2D eigenvalue weighted by Crippen LogP contribution is 2.50. The van der Waals surface area contributed by atoms with Gasteiger partial charge < -0.3 is 15.2 Å². The van der Waals surface area contributed by atoms with Crippen molar-refractivity contribution in [1.29, 1.82) is 0 Å². The van der Waals surface area contributed by atoms with E-state index >= 15 is 0 Å². The van der Waals surface area contributed by atoms with Gasteiger partial charge in [0.15, 0.2) is 17.6 Å². The lowest BCUT2D eigenvalue weighted by atomic mass is 9.89. The van der Waals surface area contributed by atoms with Crippen molar-refractivity contribution in [2.24, 2.45) is 0 Å². The average molecular weight is 501 g/mol. The molecule has 2 aliphatic rings. The quantitative estimate of drug-likeness (QED) is 0.388. The number of hydrogen-bond acceptors (Lipinski definition) is 6. The van der Waals surface area contributed by atoms with Gasteiger partial charge in [0.1, 0.15) is 10.7 Å². The Labute approximate surface area is 212 Å². The van der Waals surface area contributed by atoms with Gasteiger partial charge in [0.2, 0.25) is 11.8 Å². The molecule has 3 aromatic carbocycles. The monoisotopic (exact) mass is 500 g/mol. The number of aliphatic hydroxyl groups is 1. The van der Waals surface area contributed by atoms with Crippen molar-refractivity contribution in [3.8, 4) is 0 Å². The Bertz CT molecular complexity index is 1270. The summed E-state index contributed by atoms with van der Waals surface area (Å²) in [6.45, 7) is 1.33. The number of aliphatic hydroxyl groups excluding tert-OH is 1. The number of rotatable bonds is 6. The van der Waals surface area contributed by atoms with E-state index in [-0.39, 0.29) is 17.5 Å². The zero-order chi connectivity index (χ0) is 25.2. The van der Waals surface area contributed by atoms with Gasteiger partial charge in [-0.2, -0.15) is 0 Å². The predicted molar refractivity (Wildman–Crippen MR) is 135 cm³/mol. The van der Waals surface area contributed by atoms with Crippen LogP contribution in [0.25, 0.3) is 0 Å². The molecule has 2 N–H and O–H groups in total. The summed E-state index contributed by atoms with van der Waals surface area (Å²) >= 11 is 1.21. The summed E-state index contributed by atoms with van der Waals surface area (Å²) in [5.41, 5.74) is 2.05. The minimum Gasteiger partial charge on any atom is -0.507 e. The third kappa shape index (κ3) is 4.35. The first-order valence-electron chi connectivity index (χ1n) is 11.5. The summed E-state index contributed by atoms with van der Waals surface area (Å²) in [5.74, 6) is -2.44. The van der Waals surface area contributed by atoms with Crippen molar-refractivity contribution in [3.63, 3.8) is 0 Å². The third-order valence-electron chi connectivity index (χ3n) is 6.17. The summed E-state index contributed by atoms with van der Waals surface area (Å²) < 4.78 is 5.96. The van der Waals surface area contributed by atoms with Crippen LogP contribution in [0.4, 0.5) is 0 Å². The molecule has 5 rings (SSSR count). The van der Waals surface area contributed by atoms with Gasteiger partial charge in [-0.3, -0.25) is 14.5 Å². The number of thioether (sulfide) groups is 1. The van der Waals surface area contributed by atoms with E-state index in [1.807, 2.05) is 91.0 Å². The molecule has 3 unspecified atom stereocenters. The second kappa shape index (κ2) is 9.91. The number of nitrogens with one attached hydrogen (secondary N) is 1. The number of benzene rings is 3. The van der Waals surface area contributed by atoms with Crippen LogP contribution in [0.2, 0.25) is 0 Å². The van der Waals surface area contributed by atoms with Crippen molar-refractivity contribution in [2.75, 3.05) is 0 Å². The molecular weight excluding hydrogens is 476 g/mol. The van der Waals surface area contributed by atoms with Crippen LogP contribution >= 0.6 is 11.8 Å². The molecule has 3 atom stereocenters. The Morgan fingerprint density at radius 1 is 0.917 bits per heavy atom. The lowest BCUT2D eigenvalue weighted by Gasteiger charge is -2.50. The molecule has 1 saturated heterocycles. The van der Waals surface area contributed by atoms with Crippen LogP contribution in [0.3, 0.4) is 0 Å². The van der Waals surface area contributed by atoms with Gasteiger partial charge in [0, 0.05) is 6.92 Å². The summed E-state index contributed by atoms with van der Waals surface area (Å²) in [5, 5.41) is 12.3. The van der Waals surface area contributed by atoms with Gasteiger partial charge in [-0.15, -0.1) is 11.8 Å². The van der Waals surface area contributed by atoms with Gasteiger partial charge in [-0.25, -0.2) is 4.79 Å². The number of carbonyl (C=O) groups excluding carboxylic acids is 3. The zero-order valence-electron chi connectivity index (χ0n) is 19.4. The Balaban J connectivity index is 1.51. The first-order valence-corrected chi connectivity index (χ1v) is 12.4. The second-order valence-electron chi connectivity index (χ2n) is 8.54. The molecule has 0 radical (unpaired) electrons. The number of carbonyl (C=O) groups is 3. The SMILES string of the molecule is CC(=O)NC1SC2C(c3ccccc3)C(=O)N2C(C(=O)OC(c2ccccc2)c2ccccc2)=C1O. The molecular formula is C28H24N2O5S. The van der Waals surface area contributed by atoms with Crippen LogP contribution in [0.1, 0.15) is 35.6 Å². The minimum absolute atomic E-state index is 0.244. The van der Waals surface area contributed by atoms with E-state index < -0.39 is 34.5 Å². The summed E-state index contributed by atoms with van der Waals surface area (Å²) in [6.07, 6.45) is -0.756. The van der Waals surface area contributed by atoms with Crippen molar-refractivity contribution in [2.45, 2.75) is 29.7 Å². The highest BCUT2D eigenvalue weighted by molar-refractivity contribution is 8.00. The largest absolute Gasteiger partial charge is 0.507 e.